The number of likely N-dealkylation sites (N-methyl/N-ethyl adjacent to an activating group) is 1. The summed E-state index contributed by atoms with van der Waals surface area (Å²) >= 11 is 1.43. The van der Waals surface area contributed by atoms with Crippen LogP contribution < -0.4 is 0 Å². The van der Waals surface area contributed by atoms with Gasteiger partial charge in [0.25, 0.3) is 5.91 Å². The number of carbonyl (C=O) groups excluding carboxylic acids is 1. The number of nitrogens with zero attached hydrogens (tertiary/aromatic N) is 3. The van der Waals surface area contributed by atoms with Crippen LogP contribution in [0.5, 0.6) is 0 Å². The van der Waals surface area contributed by atoms with Crippen molar-refractivity contribution in [1.29, 1.82) is 0 Å². The normalized spacial score (nSPS) is 17.4. The summed E-state index contributed by atoms with van der Waals surface area (Å²) in [6.07, 6.45) is 4.13. The van der Waals surface area contributed by atoms with E-state index in [0.29, 0.717) is 16.1 Å². The highest BCUT2D eigenvalue weighted by Crippen LogP contribution is 2.35. The summed E-state index contributed by atoms with van der Waals surface area (Å²) in [6, 6.07) is 14.8. The predicted molar refractivity (Wildman–Crippen MR) is 124 cm³/mol. The highest BCUT2D eigenvalue weighted by atomic mass is 32.2. The van der Waals surface area contributed by atoms with Gasteiger partial charge in [-0.25, -0.2) is 4.99 Å². The minimum Gasteiger partial charge on any atom is -0.344 e. The first-order valence-corrected chi connectivity index (χ1v) is 10.6. The Morgan fingerprint density at radius 2 is 1.83 bits per heavy atom. The number of aryl methyl sites for hydroxylation is 2. The van der Waals surface area contributed by atoms with Crippen LogP contribution in [-0.4, -0.2) is 27.6 Å². The van der Waals surface area contributed by atoms with Gasteiger partial charge in [-0.15, -0.1) is 0 Å². The molecule has 0 saturated carbocycles. The predicted octanol–water partition coefficient (Wildman–Crippen LogP) is 6.07. The first-order chi connectivity index (χ1) is 13.8. The van der Waals surface area contributed by atoms with Crippen molar-refractivity contribution in [2.75, 3.05) is 7.05 Å². The van der Waals surface area contributed by atoms with Gasteiger partial charge in [-0.05, 0) is 74.9 Å². The van der Waals surface area contributed by atoms with E-state index in [1.54, 1.807) is 11.9 Å². The molecule has 0 bridgehead atoms. The van der Waals surface area contributed by atoms with Crippen LogP contribution in [0.25, 0.3) is 17.0 Å². The largest absolute Gasteiger partial charge is 0.344 e. The Bertz CT molecular complexity index is 1170. The first-order valence-electron chi connectivity index (χ1n) is 9.78. The fourth-order valence-corrected chi connectivity index (χ4v) is 4.45. The number of amidine groups is 1. The zero-order valence-electron chi connectivity index (χ0n) is 17.4. The third kappa shape index (κ3) is 3.62. The van der Waals surface area contributed by atoms with Gasteiger partial charge in [-0.1, -0.05) is 24.3 Å². The van der Waals surface area contributed by atoms with Crippen LogP contribution in [0, 0.1) is 13.8 Å². The maximum absolute atomic E-state index is 12.9. The van der Waals surface area contributed by atoms with Gasteiger partial charge in [0.1, 0.15) is 0 Å². The molecule has 1 amide bonds. The van der Waals surface area contributed by atoms with E-state index in [0.717, 1.165) is 16.6 Å². The third-order valence-electron chi connectivity index (χ3n) is 5.33. The van der Waals surface area contributed by atoms with E-state index < -0.39 is 0 Å². The second-order valence-electron chi connectivity index (χ2n) is 7.74. The number of thioether (sulfide) groups is 1. The molecule has 0 radical (unpaired) electrons. The van der Waals surface area contributed by atoms with Crippen LogP contribution in [0.15, 0.2) is 58.6 Å². The number of benzene rings is 2. The van der Waals surface area contributed by atoms with Crippen molar-refractivity contribution in [3.05, 3.63) is 70.3 Å². The zero-order valence-corrected chi connectivity index (χ0v) is 18.2. The van der Waals surface area contributed by atoms with E-state index in [1.807, 2.05) is 18.2 Å². The molecule has 1 aliphatic rings. The van der Waals surface area contributed by atoms with Crippen LogP contribution in [-0.2, 0) is 4.79 Å². The molecule has 0 spiro atoms. The Morgan fingerprint density at radius 1 is 1.07 bits per heavy atom. The molecule has 148 valence electrons. The molecule has 1 fully saturated rings. The van der Waals surface area contributed by atoms with Crippen molar-refractivity contribution in [3.8, 4) is 0 Å². The van der Waals surface area contributed by atoms with E-state index in [2.05, 4.69) is 68.8 Å². The van der Waals surface area contributed by atoms with Crippen LogP contribution in [0.2, 0.25) is 0 Å². The van der Waals surface area contributed by atoms with Gasteiger partial charge >= 0.3 is 0 Å². The lowest BCUT2D eigenvalue weighted by molar-refractivity contribution is -0.121. The molecule has 0 atom stereocenters. The van der Waals surface area contributed by atoms with Crippen LogP contribution in [0.1, 0.15) is 36.6 Å². The van der Waals surface area contributed by atoms with Crippen LogP contribution in [0.3, 0.4) is 0 Å². The molecule has 4 nitrogen and oxygen atoms in total. The zero-order chi connectivity index (χ0) is 20.7. The molecule has 4 rings (SSSR count). The highest BCUT2D eigenvalue weighted by Gasteiger charge is 2.30. The lowest BCUT2D eigenvalue weighted by Gasteiger charge is -2.08. The number of rotatable bonds is 3. The van der Waals surface area contributed by atoms with Crippen molar-refractivity contribution in [3.63, 3.8) is 0 Å². The number of aromatic nitrogens is 1. The maximum atomic E-state index is 12.9. The van der Waals surface area contributed by atoms with Crippen molar-refractivity contribution >= 4 is 45.5 Å². The van der Waals surface area contributed by atoms with Crippen molar-refractivity contribution in [2.45, 2.75) is 33.7 Å². The number of para-hydroxylation sites is 1. The van der Waals surface area contributed by atoms with E-state index in [4.69, 9.17) is 4.99 Å². The number of amides is 1. The van der Waals surface area contributed by atoms with Crippen molar-refractivity contribution < 1.29 is 4.79 Å². The van der Waals surface area contributed by atoms with E-state index in [-0.39, 0.29) is 5.91 Å². The smallest absolute Gasteiger partial charge is 0.266 e. The summed E-state index contributed by atoms with van der Waals surface area (Å²) in [4.78, 5) is 19.9. The van der Waals surface area contributed by atoms with E-state index in [1.165, 1.54) is 28.4 Å². The Balaban J connectivity index is 1.72. The van der Waals surface area contributed by atoms with Crippen LogP contribution >= 0.6 is 11.8 Å². The third-order valence-corrected chi connectivity index (χ3v) is 6.39. The van der Waals surface area contributed by atoms with Gasteiger partial charge in [0.15, 0.2) is 5.17 Å². The molecule has 5 heteroatoms. The summed E-state index contributed by atoms with van der Waals surface area (Å²) in [7, 11) is 1.79. The quantitative estimate of drug-likeness (QED) is 0.498. The second-order valence-corrected chi connectivity index (χ2v) is 8.75. The van der Waals surface area contributed by atoms with Gasteiger partial charge in [0.05, 0.1) is 10.6 Å². The summed E-state index contributed by atoms with van der Waals surface area (Å²) in [5, 5.41) is 1.86. The van der Waals surface area contributed by atoms with Crippen LogP contribution in [0.4, 0.5) is 5.69 Å². The minimum atomic E-state index is -0.0149. The number of aliphatic imine (C=N–C) groups is 1. The van der Waals surface area contributed by atoms with E-state index >= 15 is 0 Å². The molecule has 0 unspecified atom stereocenters. The van der Waals surface area contributed by atoms with Gasteiger partial charge in [0, 0.05) is 35.8 Å². The molecule has 3 aromatic rings. The Morgan fingerprint density at radius 3 is 2.55 bits per heavy atom. The average molecular weight is 404 g/mol. The molecule has 0 aliphatic carbocycles. The van der Waals surface area contributed by atoms with Gasteiger partial charge in [-0.2, -0.15) is 0 Å². The standard InChI is InChI=1S/C24H25N3OS/c1-15(2)27-14-18(20-8-6-7-9-21(20)27)13-22-23(28)26(5)24(29-22)25-19-11-10-16(3)17(4)12-19/h6-15H,1-5H3/b22-13+,25-24?. The molecule has 2 aromatic carbocycles. The topological polar surface area (TPSA) is 37.6 Å². The second kappa shape index (κ2) is 7.56. The molecular weight excluding hydrogens is 378 g/mol. The fourth-order valence-electron chi connectivity index (χ4n) is 3.47. The maximum Gasteiger partial charge on any atom is 0.266 e. The van der Waals surface area contributed by atoms with Crippen molar-refractivity contribution in [2.24, 2.45) is 4.99 Å². The Hall–Kier alpha value is -2.79. The number of carbonyl (C=O) groups is 1. The molecule has 2 heterocycles. The lowest BCUT2D eigenvalue weighted by atomic mass is 10.1. The SMILES string of the molecule is Cc1ccc(N=C2S/C(=C/c3cn(C(C)C)c4ccccc34)C(=O)N2C)cc1C. The Kier molecular flexibility index (Phi) is 5.09. The molecule has 1 saturated heterocycles. The molecule has 29 heavy (non-hydrogen) atoms. The van der Waals surface area contributed by atoms with Crippen molar-refractivity contribution in [1.82, 2.24) is 9.47 Å². The molecule has 1 aromatic heterocycles. The van der Waals surface area contributed by atoms with Gasteiger partial charge in [-0.3, -0.25) is 9.69 Å². The monoisotopic (exact) mass is 403 g/mol. The Labute approximate surface area is 175 Å². The minimum absolute atomic E-state index is 0.0149. The summed E-state index contributed by atoms with van der Waals surface area (Å²) < 4.78 is 2.25. The molecular formula is C24H25N3OS. The number of hydrogen-bond acceptors (Lipinski definition) is 3. The fraction of sp³-hybridized carbons (Fsp3) is 0.250. The van der Waals surface area contributed by atoms with Gasteiger partial charge in [0.2, 0.25) is 0 Å². The molecule has 1 aliphatic heterocycles. The lowest BCUT2D eigenvalue weighted by Crippen LogP contribution is -2.23. The highest BCUT2D eigenvalue weighted by molar-refractivity contribution is 8.18. The average Bonchev–Trinajstić information content (AvgIpc) is 3.19. The summed E-state index contributed by atoms with van der Waals surface area (Å²) in [5.74, 6) is -0.0149. The summed E-state index contributed by atoms with van der Waals surface area (Å²) in [6.45, 7) is 8.49. The first kappa shape index (κ1) is 19.5. The molecule has 0 N–H and O–H groups in total. The summed E-state index contributed by atoms with van der Waals surface area (Å²) in [5.41, 5.74) is 5.54. The van der Waals surface area contributed by atoms with E-state index in [9.17, 15) is 4.79 Å². The van der Waals surface area contributed by atoms with Gasteiger partial charge < -0.3 is 4.57 Å². The number of hydrogen-bond donors (Lipinski definition) is 0. The number of fused-ring (bicyclic) bond motifs is 1.